The monoisotopic (exact) mass is 464 g/mol. The molecule has 3 saturated heterocycles. The normalized spacial score (nSPS) is 21.8. The van der Waals surface area contributed by atoms with Crippen LogP contribution >= 0.6 is 0 Å². The largest absolute Gasteiger partial charge is 0.377 e. The second kappa shape index (κ2) is 11.1. The van der Waals surface area contributed by atoms with Gasteiger partial charge in [0.2, 0.25) is 5.91 Å². The summed E-state index contributed by atoms with van der Waals surface area (Å²) in [7, 11) is 0. The van der Waals surface area contributed by atoms with Gasteiger partial charge in [0.25, 0.3) is 0 Å². The Morgan fingerprint density at radius 3 is 2.09 bits per heavy atom. The quantitative estimate of drug-likeness (QED) is 0.621. The second-order valence-electron chi connectivity index (χ2n) is 9.53. The zero-order chi connectivity index (χ0) is 23.2. The summed E-state index contributed by atoms with van der Waals surface area (Å²) in [6, 6.07) is 14.4. The minimum absolute atomic E-state index is 0.239. The molecule has 1 aromatic carbocycles. The number of carbonyl (C=O) groups excluding carboxylic acids is 1. The van der Waals surface area contributed by atoms with Crippen molar-refractivity contribution in [2.45, 2.75) is 31.8 Å². The molecule has 3 aliphatic rings. The van der Waals surface area contributed by atoms with E-state index in [2.05, 4.69) is 49.2 Å². The maximum absolute atomic E-state index is 12.6. The molecule has 8 heteroatoms. The van der Waals surface area contributed by atoms with Gasteiger partial charge in [-0.15, -0.1) is 10.2 Å². The van der Waals surface area contributed by atoms with E-state index in [1.165, 1.54) is 18.4 Å². The van der Waals surface area contributed by atoms with Crippen LogP contribution in [0.2, 0.25) is 0 Å². The minimum atomic E-state index is 0.239. The van der Waals surface area contributed by atoms with Gasteiger partial charge in [-0.25, -0.2) is 0 Å². The predicted molar refractivity (Wildman–Crippen MR) is 133 cm³/mol. The lowest BCUT2D eigenvalue weighted by Crippen LogP contribution is -2.49. The number of carbonyl (C=O) groups is 1. The Morgan fingerprint density at radius 2 is 1.50 bits per heavy atom. The molecule has 4 heterocycles. The Balaban J connectivity index is 1.05. The molecule has 1 atom stereocenters. The first-order chi connectivity index (χ1) is 16.7. The minimum Gasteiger partial charge on any atom is -0.377 e. The van der Waals surface area contributed by atoms with Crippen LogP contribution in [0.5, 0.6) is 0 Å². The van der Waals surface area contributed by atoms with Crippen LogP contribution in [0.25, 0.3) is 0 Å². The number of aromatic nitrogens is 2. The van der Waals surface area contributed by atoms with E-state index in [9.17, 15) is 4.79 Å². The summed E-state index contributed by atoms with van der Waals surface area (Å²) in [5.74, 6) is 2.09. The summed E-state index contributed by atoms with van der Waals surface area (Å²) in [5, 5.41) is 9.06. The summed E-state index contributed by atoms with van der Waals surface area (Å²) in [4.78, 5) is 21.7. The van der Waals surface area contributed by atoms with Gasteiger partial charge in [0.05, 0.1) is 6.10 Å². The third-order valence-electron chi connectivity index (χ3n) is 7.25. The van der Waals surface area contributed by atoms with Gasteiger partial charge in [0, 0.05) is 71.9 Å². The lowest BCUT2D eigenvalue weighted by atomic mass is 10.1. The van der Waals surface area contributed by atoms with Crippen molar-refractivity contribution in [3.63, 3.8) is 0 Å². The Hall–Kier alpha value is -2.71. The molecule has 0 saturated carbocycles. The highest BCUT2D eigenvalue weighted by atomic mass is 16.5. The maximum Gasteiger partial charge on any atom is 0.223 e. The Bertz CT molecular complexity index is 903. The number of ether oxygens (including phenoxy) is 1. The van der Waals surface area contributed by atoms with Crippen molar-refractivity contribution in [3.8, 4) is 0 Å². The number of piperazine rings is 2. The maximum atomic E-state index is 12.6. The van der Waals surface area contributed by atoms with Crippen molar-refractivity contribution in [1.29, 1.82) is 0 Å². The molecule has 34 heavy (non-hydrogen) atoms. The van der Waals surface area contributed by atoms with E-state index in [1.54, 1.807) is 0 Å². The van der Waals surface area contributed by atoms with Gasteiger partial charge in [-0.05, 0) is 37.0 Å². The van der Waals surface area contributed by atoms with Crippen molar-refractivity contribution in [2.24, 2.45) is 0 Å². The van der Waals surface area contributed by atoms with Crippen molar-refractivity contribution in [1.82, 2.24) is 20.0 Å². The zero-order valence-corrected chi connectivity index (χ0v) is 20.0. The number of benzene rings is 1. The third-order valence-corrected chi connectivity index (χ3v) is 7.25. The average Bonchev–Trinajstić information content (AvgIpc) is 3.42. The molecule has 5 rings (SSSR count). The molecular weight excluding hydrogens is 428 g/mol. The zero-order valence-electron chi connectivity index (χ0n) is 20.0. The number of nitrogens with zero attached hydrogens (tertiary/aromatic N) is 6. The van der Waals surface area contributed by atoms with E-state index < -0.39 is 0 Å². The molecule has 1 unspecified atom stereocenters. The number of hydrogen-bond acceptors (Lipinski definition) is 7. The molecule has 0 N–H and O–H groups in total. The highest BCUT2D eigenvalue weighted by molar-refractivity contribution is 5.76. The SMILES string of the molecule is O=C(CCc1ccccc1)N1CCN(c2ccc(N3CCN(CC4CCCO4)CC3)nn2)CC1. The molecule has 0 radical (unpaired) electrons. The molecule has 0 spiro atoms. The van der Waals surface area contributed by atoms with E-state index in [0.29, 0.717) is 12.5 Å². The number of aryl methyl sites for hydroxylation is 1. The van der Waals surface area contributed by atoms with Gasteiger partial charge < -0.3 is 19.4 Å². The Kier molecular flexibility index (Phi) is 7.56. The molecule has 2 aromatic rings. The molecule has 0 aliphatic carbocycles. The number of hydrogen-bond donors (Lipinski definition) is 0. The standard InChI is InChI=1S/C26H36N6O2/c33-26(11-8-22-5-2-1-3-6-22)32-18-16-31(17-19-32)25-10-9-24(27-28-25)30-14-12-29(13-15-30)21-23-7-4-20-34-23/h1-3,5-6,9-10,23H,4,7-8,11-21H2. The summed E-state index contributed by atoms with van der Waals surface area (Å²) in [6.45, 7) is 9.10. The lowest BCUT2D eigenvalue weighted by molar-refractivity contribution is -0.131. The molecular formula is C26H36N6O2. The van der Waals surface area contributed by atoms with E-state index in [0.717, 1.165) is 83.6 Å². The van der Waals surface area contributed by atoms with Crippen LogP contribution in [0.1, 0.15) is 24.8 Å². The molecule has 182 valence electrons. The number of amides is 1. The van der Waals surface area contributed by atoms with E-state index in [1.807, 2.05) is 23.1 Å². The topological polar surface area (TPSA) is 65.0 Å². The number of rotatable bonds is 7. The van der Waals surface area contributed by atoms with Gasteiger partial charge in [-0.3, -0.25) is 9.69 Å². The fourth-order valence-electron chi connectivity index (χ4n) is 5.13. The van der Waals surface area contributed by atoms with Crippen molar-refractivity contribution in [3.05, 3.63) is 48.0 Å². The van der Waals surface area contributed by atoms with Crippen molar-refractivity contribution < 1.29 is 9.53 Å². The van der Waals surface area contributed by atoms with Crippen LogP contribution in [0, 0.1) is 0 Å². The Labute approximate surface area is 202 Å². The fraction of sp³-hybridized carbons (Fsp3) is 0.577. The molecule has 3 fully saturated rings. The molecule has 0 bridgehead atoms. The van der Waals surface area contributed by atoms with Gasteiger partial charge in [-0.1, -0.05) is 30.3 Å². The van der Waals surface area contributed by atoms with Gasteiger partial charge in [-0.2, -0.15) is 0 Å². The first-order valence-electron chi connectivity index (χ1n) is 12.7. The molecule has 8 nitrogen and oxygen atoms in total. The predicted octanol–water partition coefficient (Wildman–Crippen LogP) is 2.06. The first kappa shape index (κ1) is 23.1. The summed E-state index contributed by atoms with van der Waals surface area (Å²) >= 11 is 0. The van der Waals surface area contributed by atoms with Crippen LogP contribution in [0.15, 0.2) is 42.5 Å². The van der Waals surface area contributed by atoms with Crippen LogP contribution in [-0.4, -0.2) is 97.5 Å². The van der Waals surface area contributed by atoms with E-state index in [-0.39, 0.29) is 5.91 Å². The van der Waals surface area contributed by atoms with E-state index >= 15 is 0 Å². The summed E-state index contributed by atoms with van der Waals surface area (Å²) < 4.78 is 5.78. The Morgan fingerprint density at radius 1 is 0.853 bits per heavy atom. The van der Waals surface area contributed by atoms with Gasteiger partial charge in [0.1, 0.15) is 0 Å². The van der Waals surface area contributed by atoms with Gasteiger partial charge in [0.15, 0.2) is 11.6 Å². The molecule has 3 aliphatic heterocycles. The summed E-state index contributed by atoms with van der Waals surface area (Å²) in [5.41, 5.74) is 1.22. The van der Waals surface area contributed by atoms with Crippen LogP contribution in [-0.2, 0) is 16.0 Å². The van der Waals surface area contributed by atoms with Crippen LogP contribution in [0.4, 0.5) is 11.6 Å². The number of anilines is 2. The highest BCUT2D eigenvalue weighted by Crippen LogP contribution is 2.20. The first-order valence-corrected chi connectivity index (χ1v) is 12.7. The van der Waals surface area contributed by atoms with Crippen molar-refractivity contribution >= 4 is 17.5 Å². The average molecular weight is 465 g/mol. The highest BCUT2D eigenvalue weighted by Gasteiger charge is 2.25. The second-order valence-corrected chi connectivity index (χ2v) is 9.53. The smallest absolute Gasteiger partial charge is 0.223 e. The fourth-order valence-corrected chi connectivity index (χ4v) is 5.13. The van der Waals surface area contributed by atoms with Gasteiger partial charge >= 0.3 is 0 Å². The van der Waals surface area contributed by atoms with Crippen LogP contribution < -0.4 is 9.80 Å². The third kappa shape index (κ3) is 5.85. The molecule has 1 amide bonds. The van der Waals surface area contributed by atoms with E-state index in [4.69, 9.17) is 4.74 Å². The molecule has 1 aromatic heterocycles. The lowest BCUT2D eigenvalue weighted by Gasteiger charge is -2.37. The van der Waals surface area contributed by atoms with Crippen molar-refractivity contribution in [2.75, 3.05) is 75.3 Å². The van der Waals surface area contributed by atoms with Crippen LogP contribution in [0.3, 0.4) is 0 Å². The summed E-state index contributed by atoms with van der Waals surface area (Å²) in [6.07, 6.45) is 4.19.